The molecule has 2 aromatic rings. The number of benzene rings is 2. The highest BCUT2D eigenvalue weighted by Crippen LogP contribution is 2.33. The van der Waals surface area contributed by atoms with Crippen LogP contribution in [0.1, 0.15) is 21.5 Å². The van der Waals surface area contributed by atoms with E-state index < -0.39 is 0 Å². The van der Waals surface area contributed by atoms with E-state index in [1.165, 1.54) is 18.7 Å². The number of ether oxygens (including phenoxy) is 2. The summed E-state index contributed by atoms with van der Waals surface area (Å²) >= 11 is 3.56. The second kappa shape index (κ2) is 7.57. The molecular weight excluding hydrogens is 335 g/mol. The Morgan fingerprint density at radius 3 is 2.38 bits per heavy atom. The molecule has 0 amide bonds. The monoisotopic (exact) mass is 352 g/mol. The van der Waals surface area contributed by atoms with Gasteiger partial charge in [-0.2, -0.15) is 0 Å². The molecule has 0 radical (unpaired) electrons. The highest BCUT2D eigenvalue weighted by Gasteiger charge is 2.15. The average Bonchev–Trinajstić information content (AvgIpc) is 2.52. The zero-order valence-corrected chi connectivity index (χ0v) is 13.7. The van der Waals surface area contributed by atoms with Gasteiger partial charge in [0.05, 0.1) is 18.5 Å². The van der Waals surface area contributed by atoms with Gasteiger partial charge in [-0.15, -0.1) is 0 Å². The molecule has 0 N–H and O–H groups in total. The molecular formula is C17H18BrFO2. The van der Waals surface area contributed by atoms with Gasteiger partial charge in [-0.05, 0) is 23.6 Å². The number of hydrogen-bond acceptors (Lipinski definition) is 2. The van der Waals surface area contributed by atoms with Gasteiger partial charge in [0, 0.05) is 18.7 Å². The molecule has 1 atom stereocenters. The molecule has 0 fully saturated rings. The summed E-state index contributed by atoms with van der Waals surface area (Å²) in [4.78, 5) is -0.181. The van der Waals surface area contributed by atoms with Crippen LogP contribution >= 0.6 is 15.9 Å². The van der Waals surface area contributed by atoms with Crippen LogP contribution in [0.5, 0.6) is 5.75 Å². The predicted molar refractivity (Wildman–Crippen MR) is 85.7 cm³/mol. The van der Waals surface area contributed by atoms with E-state index in [0.29, 0.717) is 17.9 Å². The van der Waals surface area contributed by atoms with Crippen LogP contribution in [0, 0.1) is 5.82 Å². The zero-order valence-electron chi connectivity index (χ0n) is 12.1. The molecule has 0 aliphatic carbocycles. The van der Waals surface area contributed by atoms with Crippen LogP contribution < -0.4 is 4.74 Å². The average molecular weight is 353 g/mol. The van der Waals surface area contributed by atoms with Crippen molar-refractivity contribution in [2.75, 3.05) is 20.8 Å². The van der Waals surface area contributed by atoms with E-state index in [2.05, 4.69) is 15.9 Å². The Labute approximate surface area is 133 Å². The molecule has 0 aliphatic rings. The minimum Gasteiger partial charge on any atom is -0.497 e. The summed E-state index contributed by atoms with van der Waals surface area (Å²) in [7, 11) is 3.22. The van der Waals surface area contributed by atoms with Crippen LogP contribution in [0.15, 0.2) is 42.5 Å². The van der Waals surface area contributed by atoms with Crippen LogP contribution in [-0.4, -0.2) is 20.8 Å². The van der Waals surface area contributed by atoms with Crippen molar-refractivity contribution < 1.29 is 13.9 Å². The lowest BCUT2D eigenvalue weighted by Crippen LogP contribution is -1.99. The second-order valence-corrected chi connectivity index (χ2v) is 5.65. The van der Waals surface area contributed by atoms with Gasteiger partial charge in [0.25, 0.3) is 0 Å². The van der Waals surface area contributed by atoms with Crippen LogP contribution in [0.3, 0.4) is 0 Å². The highest BCUT2D eigenvalue weighted by molar-refractivity contribution is 9.09. The summed E-state index contributed by atoms with van der Waals surface area (Å²) in [5, 5.41) is 0. The molecule has 2 nitrogen and oxygen atoms in total. The van der Waals surface area contributed by atoms with Gasteiger partial charge in [-0.25, -0.2) is 4.39 Å². The fraction of sp³-hybridized carbons (Fsp3) is 0.294. The quantitative estimate of drug-likeness (QED) is 0.712. The summed E-state index contributed by atoms with van der Waals surface area (Å²) in [5.41, 5.74) is 2.82. The third kappa shape index (κ3) is 4.05. The van der Waals surface area contributed by atoms with E-state index in [1.54, 1.807) is 19.2 Å². The summed E-state index contributed by atoms with van der Waals surface area (Å²) in [5.74, 6) is 0.241. The first-order valence-electron chi connectivity index (χ1n) is 6.71. The molecule has 0 saturated carbocycles. The van der Waals surface area contributed by atoms with Gasteiger partial charge in [-0.1, -0.05) is 46.3 Å². The smallest absolute Gasteiger partial charge is 0.131 e. The Morgan fingerprint density at radius 1 is 1.10 bits per heavy atom. The van der Waals surface area contributed by atoms with Gasteiger partial charge in [-0.3, -0.25) is 0 Å². The minimum absolute atomic E-state index is 0.181. The van der Waals surface area contributed by atoms with Crippen molar-refractivity contribution >= 4 is 15.9 Å². The molecule has 0 saturated heterocycles. The molecule has 112 valence electrons. The summed E-state index contributed by atoms with van der Waals surface area (Å²) < 4.78 is 24.2. The Bertz CT molecular complexity index is 584. The summed E-state index contributed by atoms with van der Waals surface area (Å²) in [6.45, 7) is 0.699. The largest absolute Gasteiger partial charge is 0.497 e. The van der Waals surface area contributed by atoms with Crippen molar-refractivity contribution in [2.24, 2.45) is 0 Å². The lowest BCUT2D eigenvalue weighted by Gasteiger charge is -2.13. The first kappa shape index (κ1) is 16.0. The maximum absolute atomic E-state index is 14.1. The molecule has 2 aromatic carbocycles. The molecule has 0 bridgehead atoms. The van der Waals surface area contributed by atoms with Crippen molar-refractivity contribution in [3.63, 3.8) is 0 Å². The van der Waals surface area contributed by atoms with E-state index in [0.717, 1.165) is 12.0 Å². The number of rotatable bonds is 6. The zero-order chi connectivity index (χ0) is 15.2. The van der Waals surface area contributed by atoms with Crippen LogP contribution in [0.4, 0.5) is 4.39 Å². The first-order valence-corrected chi connectivity index (χ1v) is 7.62. The van der Waals surface area contributed by atoms with Crippen molar-refractivity contribution in [3.05, 3.63) is 65.0 Å². The van der Waals surface area contributed by atoms with E-state index in [9.17, 15) is 4.39 Å². The molecule has 2 rings (SSSR count). The van der Waals surface area contributed by atoms with Gasteiger partial charge in [0.15, 0.2) is 0 Å². The van der Waals surface area contributed by atoms with Crippen molar-refractivity contribution in [3.8, 4) is 5.75 Å². The minimum atomic E-state index is -0.278. The Morgan fingerprint density at radius 2 is 1.81 bits per heavy atom. The lowest BCUT2D eigenvalue weighted by atomic mass is 10.0. The van der Waals surface area contributed by atoms with E-state index in [-0.39, 0.29) is 10.6 Å². The van der Waals surface area contributed by atoms with Crippen molar-refractivity contribution in [2.45, 2.75) is 11.2 Å². The maximum atomic E-state index is 14.1. The number of alkyl halides is 1. The summed E-state index contributed by atoms with van der Waals surface area (Å²) in [6.07, 6.45) is 0.876. The van der Waals surface area contributed by atoms with Gasteiger partial charge in [0.1, 0.15) is 11.6 Å². The molecule has 21 heavy (non-hydrogen) atoms. The first-order chi connectivity index (χ1) is 10.2. The third-order valence-corrected chi connectivity index (χ3v) is 4.37. The topological polar surface area (TPSA) is 18.5 Å². The molecule has 1 unspecified atom stereocenters. The fourth-order valence-electron chi connectivity index (χ4n) is 2.09. The van der Waals surface area contributed by atoms with Crippen molar-refractivity contribution in [1.82, 2.24) is 0 Å². The van der Waals surface area contributed by atoms with Crippen LogP contribution in [0.2, 0.25) is 0 Å². The standard InChI is InChI=1S/C17H18BrFO2/c1-20-10-9-12-3-5-13(6-4-12)17(18)15-8-7-14(21-2)11-16(15)19/h3-8,11,17H,9-10H2,1-2H3. The molecule has 0 aliphatic heterocycles. The SMILES string of the molecule is COCCc1ccc(C(Br)c2ccc(OC)cc2F)cc1. The highest BCUT2D eigenvalue weighted by atomic mass is 79.9. The maximum Gasteiger partial charge on any atom is 0.131 e. The van der Waals surface area contributed by atoms with Gasteiger partial charge >= 0.3 is 0 Å². The molecule has 0 aromatic heterocycles. The Hall–Kier alpha value is -1.39. The number of halogens is 2. The predicted octanol–water partition coefficient (Wildman–Crippen LogP) is 4.51. The number of methoxy groups -OCH3 is 2. The molecule has 4 heteroatoms. The second-order valence-electron chi connectivity index (χ2n) is 4.73. The third-order valence-electron chi connectivity index (χ3n) is 3.35. The van der Waals surface area contributed by atoms with Crippen LogP contribution in [-0.2, 0) is 11.2 Å². The lowest BCUT2D eigenvalue weighted by molar-refractivity contribution is 0.202. The van der Waals surface area contributed by atoms with Gasteiger partial charge in [0.2, 0.25) is 0 Å². The number of hydrogen-bond donors (Lipinski definition) is 0. The summed E-state index contributed by atoms with van der Waals surface area (Å²) in [6, 6.07) is 13.0. The van der Waals surface area contributed by atoms with Crippen molar-refractivity contribution in [1.29, 1.82) is 0 Å². The Kier molecular flexibility index (Phi) is 5.76. The van der Waals surface area contributed by atoms with Gasteiger partial charge < -0.3 is 9.47 Å². The molecule has 0 heterocycles. The fourth-order valence-corrected chi connectivity index (χ4v) is 2.77. The normalized spacial score (nSPS) is 12.2. The van der Waals surface area contributed by atoms with E-state index in [1.807, 2.05) is 24.3 Å². The van der Waals surface area contributed by atoms with Crippen LogP contribution in [0.25, 0.3) is 0 Å². The van der Waals surface area contributed by atoms with E-state index >= 15 is 0 Å². The van der Waals surface area contributed by atoms with E-state index in [4.69, 9.17) is 9.47 Å². The Balaban J connectivity index is 2.17. The molecule has 0 spiro atoms.